The minimum absolute atomic E-state index is 0.292. The lowest BCUT2D eigenvalue weighted by molar-refractivity contribution is -0.115. The number of rotatable bonds is 1. The Bertz CT molecular complexity index is 493. The summed E-state index contributed by atoms with van der Waals surface area (Å²) in [7, 11) is 0. The van der Waals surface area contributed by atoms with E-state index in [1.807, 2.05) is 0 Å². The van der Waals surface area contributed by atoms with Crippen molar-refractivity contribution in [1.29, 1.82) is 0 Å². The molecule has 0 radical (unpaired) electrons. The molecule has 2 nitrogen and oxygen atoms in total. The monoisotopic (exact) mass is 257 g/mol. The Hall–Kier alpha value is -1.27. The second kappa shape index (κ2) is 4.31. The number of amides is 1. The van der Waals surface area contributed by atoms with Crippen LogP contribution < -0.4 is 5.32 Å². The number of thiocarbonyl (C=S) groups is 1. The van der Waals surface area contributed by atoms with E-state index >= 15 is 0 Å². The van der Waals surface area contributed by atoms with Gasteiger partial charge in [0.25, 0.3) is 5.91 Å². The largest absolute Gasteiger partial charge is 0.307 e. The van der Waals surface area contributed by atoms with E-state index in [1.165, 1.54) is 6.08 Å². The molecule has 1 fully saturated rings. The van der Waals surface area contributed by atoms with Crippen molar-refractivity contribution in [3.63, 3.8) is 0 Å². The van der Waals surface area contributed by atoms with E-state index in [0.717, 1.165) is 30.0 Å². The zero-order valence-corrected chi connectivity index (χ0v) is 9.42. The molecule has 0 aromatic heterocycles. The number of carbonyl (C=O) groups is 1. The summed E-state index contributed by atoms with van der Waals surface area (Å²) in [6.45, 7) is 0. The van der Waals surface area contributed by atoms with Gasteiger partial charge in [-0.3, -0.25) is 4.79 Å². The summed E-state index contributed by atoms with van der Waals surface area (Å²) >= 11 is 5.85. The molecule has 0 bridgehead atoms. The number of carbonyl (C=O) groups excluding carboxylic acids is 1. The average molecular weight is 257 g/mol. The topological polar surface area (TPSA) is 29.1 Å². The van der Waals surface area contributed by atoms with Crippen LogP contribution in [0, 0.1) is 11.6 Å². The SMILES string of the molecule is O=C1NC(=S)SC1=Cc1cc(F)cc(F)c1. The van der Waals surface area contributed by atoms with Crippen molar-refractivity contribution >= 4 is 40.3 Å². The van der Waals surface area contributed by atoms with Crippen LogP contribution in [-0.2, 0) is 4.79 Å². The molecule has 82 valence electrons. The van der Waals surface area contributed by atoms with Gasteiger partial charge in [0.15, 0.2) is 0 Å². The summed E-state index contributed by atoms with van der Waals surface area (Å²) in [6, 6.07) is 3.06. The van der Waals surface area contributed by atoms with Crippen molar-refractivity contribution < 1.29 is 13.6 Å². The number of hydrogen-bond acceptors (Lipinski definition) is 3. The maximum absolute atomic E-state index is 12.9. The van der Waals surface area contributed by atoms with Crippen molar-refractivity contribution in [3.8, 4) is 0 Å². The molecule has 0 aliphatic carbocycles. The number of nitrogens with one attached hydrogen (secondary N) is 1. The lowest BCUT2D eigenvalue weighted by Gasteiger charge is -1.96. The summed E-state index contributed by atoms with van der Waals surface area (Å²) in [4.78, 5) is 11.6. The van der Waals surface area contributed by atoms with Gasteiger partial charge in [-0.1, -0.05) is 24.0 Å². The third-order valence-corrected chi connectivity index (χ3v) is 2.99. The Kier molecular flexibility index (Phi) is 3.02. The normalized spacial score (nSPS) is 18.0. The molecule has 1 aromatic carbocycles. The first-order chi connectivity index (χ1) is 7.54. The summed E-state index contributed by atoms with van der Waals surface area (Å²) in [5.74, 6) is -1.71. The van der Waals surface area contributed by atoms with E-state index < -0.39 is 11.6 Å². The second-order valence-corrected chi connectivity index (χ2v) is 4.77. The van der Waals surface area contributed by atoms with Gasteiger partial charge in [0, 0.05) is 6.07 Å². The lowest BCUT2D eigenvalue weighted by atomic mass is 10.2. The van der Waals surface area contributed by atoms with Gasteiger partial charge in [0.05, 0.1) is 4.91 Å². The number of thioether (sulfide) groups is 1. The first-order valence-electron chi connectivity index (χ1n) is 4.25. The Labute approximate surface area is 99.7 Å². The van der Waals surface area contributed by atoms with Crippen molar-refractivity contribution in [2.75, 3.05) is 0 Å². The minimum Gasteiger partial charge on any atom is -0.307 e. The fourth-order valence-electron chi connectivity index (χ4n) is 1.23. The maximum Gasteiger partial charge on any atom is 0.263 e. The highest BCUT2D eigenvalue weighted by Gasteiger charge is 2.21. The van der Waals surface area contributed by atoms with Crippen molar-refractivity contribution in [2.24, 2.45) is 0 Å². The van der Waals surface area contributed by atoms with Gasteiger partial charge < -0.3 is 5.32 Å². The molecule has 1 N–H and O–H groups in total. The highest BCUT2D eigenvalue weighted by molar-refractivity contribution is 8.26. The van der Waals surface area contributed by atoms with Crippen LogP contribution in [0.25, 0.3) is 6.08 Å². The van der Waals surface area contributed by atoms with Gasteiger partial charge in [-0.15, -0.1) is 0 Å². The van der Waals surface area contributed by atoms with Crippen molar-refractivity contribution in [2.45, 2.75) is 0 Å². The smallest absolute Gasteiger partial charge is 0.263 e. The Morgan fingerprint density at radius 1 is 1.25 bits per heavy atom. The van der Waals surface area contributed by atoms with Crippen LogP contribution in [0.2, 0.25) is 0 Å². The number of halogens is 2. The standard InChI is InChI=1S/C10H5F2NOS2/c11-6-1-5(2-7(12)4-6)3-8-9(14)13-10(15)16-8/h1-4H,(H,13,14,15). The highest BCUT2D eigenvalue weighted by atomic mass is 32.2. The predicted molar refractivity (Wildman–Crippen MR) is 62.7 cm³/mol. The van der Waals surface area contributed by atoms with Crippen LogP contribution in [0.1, 0.15) is 5.56 Å². The van der Waals surface area contributed by atoms with Crippen molar-refractivity contribution in [3.05, 3.63) is 40.3 Å². The van der Waals surface area contributed by atoms with Gasteiger partial charge in [0.2, 0.25) is 0 Å². The molecule has 0 atom stereocenters. The molecule has 1 aromatic rings. The van der Waals surface area contributed by atoms with E-state index in [9.17, 15) is 13.6 Å². The van der Waals surface area contributed by atoms with Crippen LogP contribution in [0.3, 0.4) is 0 Å². The molecule has 1 aliphatic heterocycles. The van der Waals surface area contributed by atoms with Gasteiger partial charge in [0.1, 0.15) is 16.0 Å². The molecule has 6 heteroatoms. The minimum atomic E-state index is -0.683. The van der Waals surface area contributed by atoms with Crippen LogP contribution in [0.5, 0.6) is 0 Å². The summed E-state index contributed by atoms with van der Waals surface area (Å²) in [5, 5.41) is 2.42. The maximum atomic E-state index is 12.9. The van der Waals surface area contributed by atoms with Crippen LogP contribution >= 0.6 is 24.0 Å². The van der Waals surface area contributed by atoms with Crippen LogP contribution in [0.4, 0.5) is 8.78 Å². The molecular weight excluding hydrogens is 252 g/mol. The Morgan fingerprint density at radius 3 is 2.38 bits per heavy atom. The number of hydrogen-bond donors (Lipinski definition) is 1. The van der Waals surface area contributed by atoms with E-state index in [0.29, 0.717) is 14.8 Å². The van der Waals surface area contributed by atoms with E-state index in [2.05, 4.69) is 5.32 Å². The third-order valence-electron chi connectivity index (χ3n) is 1.82. The molecule has 0 spiro atoms. The predicted octanol–water partition coefficient (Wildman–Crippen LogP) is 2.45. The van der Waals surface area contributed by atoms with Gasteiger partial charge in [-0.25, -0.2) is 8.78 Å². The van der Waals surface area contributed by atoms with E-state index in [1.54, 1.807) is 0 Å². The molecule has 0 unspecified atom stereocenters. The molecule has 0 saturated carbocycles. The fourth-order valence-corrected chi connectivity index (χ4v) is 2.28. The quantitative estimate of drug-likeness (QED) is 0.619. The average Bonchev–Trinajstić information content (AvgIpc) is 2.43. The molecule has 1 heterocycles. The first-order valence-corrected chi connectivity index (χ1v) is 5.48. The first kappa shape index (κ1) is 11.2. The lowest BCUT2D eigenvalue weighted by Crippen LogP contribution is -2.17. The molecule has 1 saturated heterocycles. The second-order valence-electron chi connectivity index (χ2n) is 3.06. The van der Waals surface area contributed by atoms with Gasteiger partial charge in [-0.05, 0) is 23.8 Å². The zero-order chi connectivity index (χ0) is 11.7. The van der Waals surface area contributed by atoms with Crippen LogP contribution in [-0.4, -0.2) is 10.2 Å². The molecular formula is C10H5F2NOS2. The Balaban J connectivity index is 2.36. The zero-order valence-electron chi connectivity index (χ0n) is 7.79. The summed E-state index contributed by atoms with van der Waals surface area (Å²) in [6.07, 6.45) is 1.39. The molecule has 16 heavy (non-hydrogen) atoms. The number of benzene rings is 1. The fraction of sp³-hybridized carbons (Fsp3) is 0. The summed E-state index contributed by atoms with van der Waals surface area (Å²) in [5.41, 5.74) is 0.292. The molecule has 1 aliphatic rings. The van der Waals surface area contributed by atoms with Crippen molar-refractivity contribution in [1.82, 2.24) is 5.32 Å². The van der Waals surface area contributed by atoms with Crippen LogP contribution in [0.15, 0.2) is 23.1 Å². The van der Waals surface area contributed by atoms with E-state index in [4.69, 9.17) is 12.2 Å². The Morgan fingerprint density at radius 2 is 1.88 bits per heavy atom. The highest BCUT2D eigenvalue weighted by Crippen LogP contribution is 2.26. The third kappa shape index (κ3) is 2.45. The summed E-state index contributed by atoms with van der Waals surface area (Å²) < 4.78 is 26.1. The molecule has 2 rings (SSSR count). The molecule has 1 amide bonds. The van der Waals surface area contributed by atoms with Gasteiger partial charge in [-0.2, -0.15) is 0 Å². The van der Waals surface area contributed by atoms with Gasteiger partial charge >= 0.3 is 0 Å². The van der Waals surface area contributed by atoms with E-state index in [-0.39, 0.29) is 5.91 Å².